The number of rotatable bonds is 5. The Morgan fingerprint density at radius 2 is 2.17 bits per heavy atom. The maximum atomic E-state index is 13.8. The Morgan fingerprint density at radius 3 is 2.87 bits per heavy atom. The minimum atomic E-state index is -0.434. The predicted octanol–water partition coefficient (Wildman–Crippen LogP) is 3.46. The first-order valence-electron chi connectivity index (χ1n) is 8.96. The molecule has 30 heavy (non-hydrogen) atoms. The number of thiophene rings is 1. The van der Waals surface area contributed by atoms with E-state index in [4.69, 9.17) is 0 Å². The van der Waals surface area contributed by atoms with Crippen LogP contribution in [0.3, 0.4) is 0 Å². The van der Waals surface area contributed by atoms with Gasteiger partial charge in [0.25, 0.3) is 0 Å². The molecule has 0 atom stereocenters. The summed E-state index contributed by atoms with van der Waals surface area (Å²) in [7, 11) is 0. The van der Waals surface area contributed by atoms with E-state index in [-0.39, 0.29) is 12.4 Å². The highest BCUT2D eigenvalue weighted by Gasteiger charge is 2.21. The normalized spacial score (nSPS) is 10.7. The van der Waals surface area contributed by atoms with Crippen molar-refractivity contribution >= 4 is 23.1 Å². The van der Waals surface area contributed by atoms with E-state index in [2.05, 4.69) is 26.8 Å². The van der Waals surface area contributed by atoms with Crippen molar-refractivity contribution in [2.75, 3.05) is 5.32 Å². The lowest BCUT2D eigenvalue weighted by Crippen LogP contribution is -2.22. The molecular weight excluding hydrogens is 405 g/mol. The second-order valence-corrected chi connectivity index (χ2v) is 7.34. The van der Waals surface area contributed by atoms with Gasteiger partial charge in [-0.2, -0.15) is 21.4 Å². The molecule has 0 saturated carbocycles. The standard InChI is InChI=1S/C20H16FN7OS/c1-12-13(2)28(16-5-3-4-15(21)8-16)20(17(12)9-22)23-18(29)10-27-25-19(24-26-27)14-6-7-30-11-14/h3-8,11H,10H2,1-2H3,(H,23,29). The lowest BCUT2D eigenvalue weighted by atomic mass is 10.2. The maximum Gasteiger partial charge on any atom is 0.249 e. The van der Waals surface area contributed by atoms with Crippen molar-refractivity contribution in [1.82, 2.24) is 24.8 Å². The summed E-state index contributed by atoms with van der Waals surface area (Å²) in [5.74, 6) is -0.143. The van der Waals surface area contributed by atoms with Gasteiger partial charge in [0.2, 0.25) is 11.7 Å². The fraction of sp³-hybridized carbons (Fsp3) is 0.150. The molecule has 0 aliphatic heterocycles. The molecule has 3 aromatic heterocycles. The number of aromatic nitrogens is 5. The van der Waals surface area contributed by atoms with Gasteiger partial charge in [-0.25, -0.2) is 4.39 Å². The molecular formula is C20H16FN7OS. The summed E-state index contributed by atoms with van der Waals surface area (Å²) >= 11 is 1.51. The Labute approximate surface area is 175 Å². The number of nitrogens with one attached hydrogen (secondary N) is 1. The molecule has 0 saturated heterocycles. The number of halogens is 1. The summed E-state index contributed by atoms with van der Waals surface area (Å²) in [6.45, 7) is 3.41. The Kier molecular flexibility index (Phi) is 5.12. The van der Waals surface area contributed by atoms with Crippen LogP contribution in [-0.4, -0.2) is 30.7 Å². The van der Waals surface area contributed by atoms with Gasteiger partial charge >= 0.3 is 0 Å². The van der Waals surface area contributed by atoms with Gasteiger partial charge in [-0.1, -0.05) is 6.07 Å². The van der Waals surface area contributed by atoms with Gasteiger partial charge in [-0.15, -0.1) is 10.2 Å². The Bertz CT molecular complexity index is 1270. The number of nitriles is 1. The third-order valence-corrected chi connectivity index (χ3v) is 5.35. The number of nitrogens with zero attached hydrogens (tertiary/aromatic N) is 6. The zero-order valence-corrected chi connectivity index (χ0v) is 16.9. The summed E-state index contributed by atoms with van der Waals surface area (Å²) in [6.07, 6.45) is 0. The van der Waals surface area contributed by atoms with Gasteiger partial charge in [0, 0.05) is 16.6 Å². The largest absolute Gasteiger partial charge is 0.309 e. The first-order chi connectivity index (χ1) is 14.5. The van der Waals surface area contributed by atoms with Crippen LogP contribution in [0.4, 0.5) is 10.2 Å². The molecule has 1 amide bonds. The fourth-order valence-electron chi connectivity index (χ4n) is 3.12. The molecule has 1 aromatic carbocycles. The molecule has 150 valence electrons. The quantitative estimate of drug-likeness (QED) is 0.532. The minimum absolute atomic E-state index is 0.186. The third-order valence-electron chi connectivity index (χ3n) is 4.67. The zero-order valence-electron chi connectivity index (χ0n) is 16.1. The molecule has 0 radical (unpaired) electrons. The van der Waals surface area contributed by atoms with Gasteiger partial charge in [-0.05, 0) is 54.3 Å². The summed E-state index contributed by atoms with van der Waals surface area (Å²) in [5, 5.41) is 28.2. The number of carbonyl (C=O) groups excluding carboxylic acids is 1. The number of hydrogen-bond donors (Lipinski definition) is 1. The van der Waals surface area contributed by atoms with Crippen LogP contribution in [0.2, 0.25) is 0 Å². The van der Waals surface area contributed by atoms with Crippen LogP contribution in [0, 0.1) is 31.0 Å². The van der Waals surface area contributed by atoms with Gasteiger partial charge in [0.15, 0.2) is 0 Å². The first-order valence-corrected chi connectivity index (χ1v) is 9.90. The molecule has 0 aliphatic rings. The topological polar surface area (TPSA) is 101 Å². The predicted molar refractivity (Wildman–Crippen MR) is 110 cm³/mol. The molecule has 3 heterocycles. The highest BCUT2D eigenvalue weighted by atomic mass is 32.1. The number of amides is 1. The summed E-state index contributed by atoms with van der Waals surface area (Å²) < 4.78 is 15.4. The molecule has 0 spiro atoms. The zero-order chi connectivity index (χ0) is 21.3. The summed E-state index contributed by atoms with van der Waals surface area (Å²) in [5.41, 5.74) is 3.08. The number of hydrogen-bond acceptors (Lipinski definition) is 6. The molecule has 4 aromatic rings. The smallest absolute Gasteiger partial charge is 0.249 e. The van der Waals surface area contributed by atoms with Crippen LogP contribution in [0.15, 0.2) is 41.1 Å². The van der Waals surface area contributed by atoms with Crippen LogP contribution in [0.5, 0.6) is 0 Å². The average Bonchev–Trinajstić information content (AvgIpc) is 3.43. The number of benzene rings is 1. The number of tetrazole rings is 1. The molecule has 4 rings (SSSR count). The third kappa shape index (κ3) is 3.58. The highest BCUT2D eigenvalue weighted by Crippen LogP contribution is 2.30. The van der Waals surface area contributed by atoms with E-state index < -0.39 is 11.7 Å². The monoisotopic (exact) mass is 421 g/mol. The molecule has 0 unspecified atom stereocenters. The Balaban J connectivity index is 1.63. The van der Waals surface area contributed by atoms with Crippen molar-refractivity contribution in [3.63, 3.8) is 0 Å². The summed E-state index contributed by atoms with van der Waals surface area (Å²) in [6, 6.07) is 9.94. The maximum absolute atomic E-state index is 13.8. The SMILES string of the molecule is Cc1c(C#N)c(NC(=O)Cn2nnc(-c3ccsc3)n2)n(-c2cccc(F)c2)c1C. The average molecular weight is 421 g/mol. The van der Waals surface area contributed by atoms with Gasteiger partial charge < -0.3 is 5.32 Å². The van der Waals surface area contributed by atoms with Crippen LogP contribution in [-0.2, 0) is 11.3 Å². The highest BCUT2D eigenvalue weighted by molar-refractivity contribution is 7.08. The van der Waals surface area contributed by atoms with Crippen molar-refractivity contribution < 1.29 is 9.18 Å². The van der Waals surface area contributed by atoms with E-state index >= 15 is 0 Å². The van der Waals surface area contributed by atoms with Crippen molar-refractivity contribution in [3.05, 3.63) is 63.7 Å². The van der Waals surface area contributed by atoms with Crippen molar-refractivity contribution in [2.45, 2.75) is 20.4 Å². The van der Waals surface area contributed by atoms with Crippen molar-refractivity contribution in [2.24, 2.45) is 0 Å². The molecule has 0 bridgehead atoms. The lowest BCUT2D eigenvalue weighted by Gasteiger charge is -2.13. The minimum Gasteiger partial charge on any atom is -0.309 e. The van der Waals surface area contributed by atoms with Gasteiger partial charge in [0.1, 0.15) is 24.2 Å². The van der Waals surface area contributed by atoms with Gasteiger partial charge in [-0.3, -0.25) is 9.36 Å². The molecule has 8 nitrogen and oxygen atoms in total. The second kappa shape index (κ2) is 7.88. The number of carbonyl (C=O) groups is 1. The molecule has 1 N–H and O–H groups in total. The van der Waals surface area contributed by atoms with E-state index in [1.54, 1.807) is 23.6 Å². The van der Waals surface area contributed by atoms with Crippen molar-refractivity contribution in [1.29, 1.82) is 5.26 Å². The van der Waals surface area contributed by atoms with Gasteiger partial charge in [0.05, 0.1) is 11.3 Å². The second-order valence-electron chi connectivity index (χ2n) is 6.56. The Morgan fingerprint density at radius 1 is 1.33 bits per heavy atom. The van der Waals surface area contributed by atoms with E-state index in [1.807, 2.05) is 23.8 Å². The molecule has 0 fully saturated rings. The fourth-order valence-corrected chi connectivity index (χ4v) is 3.75. The van der Waals surface area contributed by atoms with E-state index in [0.717, 1.165) is 11.3 Å². The van der Waals surface area contributed by atoms with E-state index in [0.29, 0.717) is 22.6 Å². The Hall–Kier alpha value is -3.84. The lowest BCUT2D eigenvalue weighted by molar-refractivity contribution is -0.117. The van der Waals surface area contributed by atoms with E-state index in [1.165, 1.54) is 28.3 Å². The van der Waals surface area contributed by atoms with E-state index in [9.17, 15) is 14.4 Å². The number of anilines is 1. The van der Waals surface area contributed by atoms with Crippen LogP contribution < -0.4 is 5.32 Å². The van der Waals surface area contributed by atoms with Crippen LogP contribution >= 0.6 is 11.3 Å². The summed E-state index contributed by atoms with van der Waals surface area (Å²) in [4.78, 5) is 13.9. The molecule has 10 heteroatoms. The first kappa shape index (κ1) is 19.5. The van der Waals surface area contributed by atoms with Crippen LogP contribution in [0.25, 0.3) is 17.1 Å². The van der Waals surface area contributed by atoms with Crippen LogP contribution in [0.1, 0.15) is 16.8 Å². The van der Waals surface area contributed by atoms with Crippen molar-refractivity contribution in [3.8, 4) is 23.1 Å². The molecule has 0 aliphatic carbocycles.